The van der Waals surface area contributed by atoms with Crippen molar-refractivity contribution in [2.24, 2.45) is 0 Å². The van der Waals surface area contributed by atoms with Gasteiger partial charge in [0.05, 0.1) is 12.7 Å². The normalized spacial score (nSPS) is 17.7. The lowest BCUT2D eigenvalue weighted by Crippen LogP contribution is -2.31. The fraction of sp³-hybridized carbons (Fsp3) is 0.308. The smallest absolute Gasteiger partial charge is 0.343 e. The van der Waals surface area contributed by atoms with Crippen LogP contribution in [0.3, 0.4) is 0 Å². The first-order valence-corrected chi connectivity index (χ1v) is 5.07. The lowest BCUT2D eigenvalue weighted by Gasteiger charge is -2.33. The molecule has 1 aromatic rings. The zero-order chi connectivity index (χ0) is 11.9. The summed E-state index contributed by atoms with van der Waals surface area (Å²) in [5, 5.41) is 0. The number of cyclic esters (lactones) is 1. The first-order valence-electron chi connectivity index (χ1n) is 5.07. The maximum atomic E-state index is 11.7. The Bertz CT molecular complexity index is 472. The highest BCUT2D eigenvalue weighted by Crippen LogP contribution is 2.39. The maximum Gasteiger partial charge on any atom is 0.343 e. The van der Waals surface area contributed by atoms with Crippen molar-refractivity contribution in [2.45, 2.75) is 19.3 Å². The SMILES string of the molecule is C=C1OC(=O)c2cc(OC)ccc2C1(C)C. The van der Waals surface area contributed by atoms with Crippen LogP contribution >= 0.6 is 0 Å². The van der Waals surface area contributed by atoms with Gasteiger partial charge in [-0.25, -0.2) is 4.79 Å². The van der Waals surface area contributed by atoms with Gasteiger partial charge in [0.2, 0.25) is 0 Å². The number of carbonyl (C=O) groups is 1. The van der Waals surface area contributed by atoms with Crippen LogP contribution in [0.1, 0.15) is 29.8 Å². The molecule has 1 heterocycles. The van der Waals surface area contributed by atoms with Crippen molar-refractivity contribution in [3.63, 3.8) is 0 Å². The summed E-state index contributed by atoms with van der Waals surface area (Å²) in [7, 11) is 1.57. The third kappa shape index (κ3) is 1.40. The Morgan fingerprint density at radius 1 is 1.38 bits per heavy atom. The van der Waals surface area contributed by atoms with Gasteiger partial charge in [-0.3, -0.25) is 0 Å². The fourth-order valence-corrected chi connectivity index (χ4v) is 1.81. The minimum atomic E-state index is -0.363. The molecule has 0 fully saturated rings. The van der Waals surface area contributed by atoms with Crippen LogP contribution in [0.4, 0.5) is 0 Å². The van der Waals surface area contributed by atoms with Crippen LogP contribution in [0.25, 0.3) is 0 Å². The summed E-state index contributed by atoms with van der Waals surface area (Å²) in [6.07, 6.45) is 0. The zero-order valence-electron chi connectivity index (χ0n) is 9.66. The molecule has 2 rings (SSSR count). The average Bonchev–Trinajstić information content (AvgIpc) is 2.26. The van der Waals surface area contributed by atoms with Gasteiger partial charge in [0.25, 0.3) is 0 Å². The quantitative estimate of drug-likeness (QED) is 0.680. The third-order valence-electron chi connectivity index (χ3n) is 3.03. The summed E-state index contributed by atoms with van der Waals surface area (Å²) in [4.78, 5) is 11.7. The number of fused-ring (bicyclic) bond motifs is 1. The number of benzene rings is 1. The van der Waals surface area contributed by atoms with Gasteiger partial charge >= 0.3 is 5.97 Å². The highest BCUT2D eigenvalue weighted by atomic mass is 16.5. The van der Waals surface area contributed by atoms with E-state index >= 15 is 0 Å². The molecule has 0 unspecified atom stereocenters. The van der Waals surface area contributed by atoms with Crippen molar-refractivity contribution in [1.82, 2.24) is 0 Å². The molecule has 0 bridgehead atoms. The van der Waals surface area contributed by atoms with Gasteiger partial charge in [-0.2, -0.15) is 0 Å². The maximum absolute atomic E-state index is 11.7. The number of esters is 1. The summed E-state index contributed by atoms with van der Waals surface area (Å²) in [5.74, 6) is 0.771. The molecular formula is C13H14O3. The topological polar surface area (TPSA) is 35.5 Å². The molecule has 84 valence electrons. The van der Waals surface area contributed by atoms with Gasteiger partial charge in [0.15, 0.2) is 0 Å². The molecule has 16 heavy (non-hydrogen) atoms. The van der Waals surface area contributed by atoms with E-state index in [2.05, 4.69) is 6.58 Å². The van der Waals surface area contributed by atoms with Crippen molar-refractivity contribution in [3.8, 4) is 5.75 Å². The van der Waals surface area contributed by atoms with Crippen LogP contribution in [-0.2, 0) is 10.2 Å². The Labute approximate surface area is 94.7 Å². The van der Waals surface area contributed by atoms with Crippen LogP contribution in [0, 0.1) is 0 Å². The molecule has 1 aromatic carbocycles. The molecule has 1 aliphatic rings. The Morgan fingerprint density at radius 2 is 2.06 bits per heavy atom. The summed E-state index contributed by atoms with van der Waals surface area (Å²) < 4.78 is 10.2. The lowest BCUT2D eigenvalue weighted by atomic mass is 9.78. The van der Waals surface area contributed by atoms with E-state index < -0.39 is 0 Å². The molecule has 0 amide bonds. The minimum absolute atomic E-state index is 0.352. The van der Waals surface area contributed by atoms with E-state index in [-0.39, 0.29) is 11.4 Å². The van der Waals surface area contributed by atoms with Crippen molar-refractivity contribution < 1.29 is 14.3 Å². The lowest BCUT2D eigenvalue weighted by molar-refractivity contribution is 0.0548. The monoisotopic (exact) mass is 218 g/mol. The van der Waals surface area contributed by atoms with E-state index in [9.17, 15) is 4.79 Å². The molecular weight excluding hydrogens is 204 g/mol. The first kappa shape index (κ1) is 10.7. The second-order valence-electron chi connectivity index (χ2n) is 4.35. The predicted molar refractivity (Wildman–Crippen MR) is 60.6 cm³/mol. The van der Waals surface area contributed by atoms with Crippen LogP contribution in [0.5, 0.6) is 5.75 Å². The zero-order valence-corrected chi connectivity index (χ0v) is 9.66. The van der Waals surface area contributed by atoms with Crippen LogP contribution in [-0.4, -0.2) is 13.1 Å². The molecule has 3 heteroatoms. The van der Waals surface area contributed by atoms with Crippen LogP contribution in [0.2, 0.25) is 0 Å². The molecule has 1 aliphatic heterocycles. The number of methoxy groups -OCH3 is 1. The van der Waals surface area contributed by atoms with E-state index in [1.165, 1.54) is 0 Å². The van der Waals surface area contributed by atoms with Gasteiger partial charge in [0.1, 0.15) is 11.5 Å². The van der Waals surface area contributed by atoms with E-state index in [4.69, 9.17) is 9.47 Å². The van der Waals surface area contributed by atoms with E-state index in [0.717, 1.165) is 5.56 Å². The second-order valence-corrected chi connectivity index (χ2v) is 4.35. The largest absolute Gasteiger partial charge is 0.497 e. The molecule has 0 aliphatic carbocycles. The number of ether oxygens (including phenoxy) is 2. The Balaban J connectivity index is 2.64. The molecule has 0 saturated carbocycles. The summed E-state index contributed by atoms with van der Waals surface area (Å²) in [5.41, 5.74) is 1.13. The first-order chi connectivity index (χ1) is 7.46. The predicted octanol–water partition coefficient (Wildman–Crippen LogP) is 2.66. The Morgan fingerprint density at radius 3 is 2.69 bits per heavy atom. The van der Waals surface area contributed by atoms with Gasteiger partial charge in [-0.15, -0.1) is 0 Å². The standard InChI is InChI=1S/C13H14O3/c1-8-13(2,3)11-6-5-9(15-4)7-10(11)12(14)16-8/h5-7H,1H2,2-4H3. The van der Waals surface area contributed by atoms with Crippen LogP contribution in [0.15, 0.2) is 30.5 Å². The summed E-state index contributed by atoms with van der Waals surface area (Å²) in [6, 6.07) is 5.43. The second kappa shape index (κ2) is 3.37. The van der Waals surface area contributed by atoms with E-state index in [0.29, 0.717) is 17.1 Å². The number of allylic oxidation sites excluding steroid dienone is 1. The third-order valence-corrected chi connectivity index (χ3v) is 3.03. The van der Waals surface area contributed by atoms with Gasteiger partial charge in [-0.1, -0.05) is 12.6 Å². The van der Waals surface area contributed by atoms with Crippen molar-refractivity contribution in [2.75, 3.05) is 7.11 Å². The molecule has 0 aromatic heterocycles. The fourth-order valence-electron chi connectivity index (χ4n) is 1.81. The van der Waals surface area contributed by atoms with Gasteiger partial charge in [0, 0.05) is 5.41 Å². The van der Waals surface area contributed by atoms with Gasteiger partial charge in [-0.05, 0) is 31.5 Å². The van der Waals surface area contributed by atoms with Crippen molar-refractivity contribution >= 4 is 5.97 Å². The summed E-state index contributed by atoms with van der Waals surface area (Å²) in [6.45, 7) is 7.74. The average molecular weight is 218 g/mol. The van der Waals surface area contributed by atoms with Crippen molar-refractivity contribution in [3.05, 3.63) is 41.7 Å². The molecule has 0 spiro atoms. The van der Waals surface area contributed by atoms with E-state index in [1.807, 2.05) is 26.0 Å². The highest BCUT2D eigenvalue weighted by molar-refractivity contribution is 5.94. The molecule has 0 saturated heterocycles. The molecule has 3 nitrogen and oxygen atoms in total. The molecule has 0 radical (unpaired) electrons. The number of carbonyl (C=O) groups excluding carboxylic acids is 1. The number of hydrogen-bond donors (Lipinski definition) is 0. The van der Waals surface area contributed by atoms with Gasteiger partial charge < -0.3 is 9.47 Å². The van der Waals surface area contributed by atoms with Crippen molar-refractivity contribution in [1.29, 1.82) is 0 Å². The van der Waals surface area contributed by atoms with E-state index in [1.54, 1.807) is 13.2 Å². The Kier molecular flexibility index (Phi) is 2.26. The highest BCUT2D eigenvalue weighted by Gasteiger charge is 2.36. The number of rotatable bonds is 1. The molecule has 0 atom stereocenters. The number of hydrogen-bond acceptors (Lipinski definition) is 3. The Hall–Kier alpha value is -1.77. The minimum Gasteiger partial charge on any atom is -0.497 e. The summed E-state index contributed by atoms with van der Waals surface area (Å²) >= 11 is 0. The molecule has 0 N–H and O–H groups in total. The van der Waals surface area contributed by atoms with Crippen LogP contribution < -0.4 is 4.74 Å².